The van der Waals surface area contributed by atoms with Crippen LogP contribution in [0, 0.1) is 0 Å². The highest BCUT2D eigenvalue weighted by Crippen LogP contribution is 2.10. The topological polar surface area (TPSA) is 107 Å². The zero-order valence-corrected chi connectivity index (χ0v) is 12.9. The normalized spacial score (nSPS) is 14.3. The minimum atomic E-state index is -1.82. The Morgan fingerprint density at radius 2 is 1.52 bits per heavy atom. The van der Waals surface area contributed by atoms with E-state index in [0.717, 1.165) is 25.3 Å². The molecule has 126 valence electrons. The first-order valence-corrected chi connectivity index (χ1v) is 7.52. The number of amides is 1. The van der Waals surface area contributed by atoms with Crippen molar-refractivity contribution in [1.82, 2.24) is 4.90 Å². The number of carboxylic acids is 2. The Morgan fingerprint density at radius 3 is 2.04 bits per heavy atom. The van der Waals surface area contributed by atoms with Crippen LogP contribution in [0.5, 0.6) is 0 Å². The van der Waals surface area contributed by atoms with Crippen molar-refractivity contribution in [2.24, 2.45) is 0 Å². The van der Waals surface area contributed by atoms with Crippen LogP contribution in [0.3, 0.4) is 0 Å². The van der Waals surface area contributed by atoms with E-state index in [1.807, 2.05) is 30.3 Å². The molecule has 1 aromatic rings. The van der Waals surface area contributed by atoms with Crippen LogP contribution >= 0.6 is 0 Å². The quantitative estimate of drug-likeness (QED) is 0.728. The standard InChI is InChI=1S/C14H20N2O.C2H2O4/c17-14(15-13-7-3-1-4-8-13)9-12-16-10-5-2-6-11-16;3-1(4)2(5)6/h1,3-4,7-8H,2,5-6,9-12H2,(H,15,17);(H,3,4)(H,5,6). The molecule has 0 saturated carbocycles. The summed E-state index contributed by atoms with van der Waals surface area (Å²) in [5.41, 5.74) is 0.885. The largest absolute Gasteiger partial charge is 0.473 e. The van der Waals surface area contributed by atoms with Gasteiger partial charge < -0.3 is 20.4 Å². The molecule has 1 amide bonds. The van der Waals surface area contributed by atoms with Gasteiger partial charge in [-0.15, -0.1) is 0 Å². The van der Waals surface area contributed by atoms with Gasteiger partial charge in [0.05, 0.1) is 0 Å². The molecule has 23 heavy (non-hydrogen) atoms. The monoisotopic (exact) mass is 322 g/mol. The lowest BCUT2D eigenvalue weighted by Gasteiger charge is -2.25. The third-order valence-electron chi connectivity index (χ3n) is 3.34. The molecule has 0 radical (unpaired) electrons. The van der Waals surface area contributed by atoms with E-state index in [-0.39, 0.29) is 5.91 Å². The second kappa shape index (κ2) is 10.3. The van der Waals surface area contributed by atoms with Crippen molar-refractivity contribution in [3.05, 3.63) is 30.3 Å². The van der Waals surface area contributed by atoms with Crippen LogP contribution in [-0.2, 0) is 14.4 Å². The molecule has 3 N–H and O–H groups in total. The molecule has 0 aliphatic carbocycles. The molecule has 7 nitrogen and oxygen atoms in total. The van der Waals surface area contributed by atoms with Crippen molar-refractivity contribution in [3.8, 4) is 0 Å². The Bertz CT molecular complexity index is 500. The summed E-state index contributed by atoms with van der Waals surface area (Å²) >= 11 is 0. The smallest absolute Gasteiger partial charge is 0.414 e. The molecule has 0 bridgehead atoms. The summed E-state index contributed by atoms with van der Waals surface area (Å²) < 4.78 is 0. The van der Waals surface area contributed by atoms with Crippen LogP contribution in [0.25, 0.3) is 0 Å². The fraction of sp³-hybridized carbons (Fsp3) is 0.438. The predicted molar refractivity (Wildman–Crippen MR) is 85.3 cm³/mol. The van der Waals surface area contributed by atoms with Gasteiger partial charge in [0.1, 0.15) is 0 Å². The number of piperidine rings is 1. The van der Waals surface area contributed by atoms with Crippen LogP contribution in [0.2, 0.25) is 0 Å². The van der Waals surface area contributed by atoms with Crippen molar-refractivity contribution in [2.45, 2.75) is 25.7 Å². The molecular weight excluding hydrogens is 300 g/mol. The highest BCUT2D eigenvalue weighted by molar-refractivity contribution is 6.27. The Morgan fingerprint density at radius 1 is 0.957 bits per heavy atom. The van der Waals surface area contributed by atoms with E-state index in [2.05, 4.69) is 10.2 Å². The maximum absolute atomic E-state index is 11.7. The first kappa shape index (κ1) is 18.6. The van der Waals surface area contributed by atoms with Gasteiger partial charge in [0, 0.05) is 18.7 Å². The molecule has 0 unspecified atom stereocenters. The molecule has 2 rings (SSSR count). The average molecular weight is 322 g/mol. The number of likely N-dealkylation sites (tertiary alicyclic amines) is 1. The number of anilines is 1. The SMILES string of the molecule is O=C(CCN1CCCCC1)Nc1ccccc1.O=C(O)C(=O)O. The van der Waals surface area contributed by atoms with Gasteiger partial charge in [-0.05, 0) is 38.1 Å². The van der Waals surface area contributed by atoms with Gasteiger partial charge in [0.2, 0.25) is 5.91 Å². The van der Waals surface area contributed by atoms with Crippen LogP contribution in [0.15, 0.2) is 30.3 Å². The molecule has 1 aliphatic rings. The number of carbonyl (C=O) groups excluding carboxylic acids is 1. The minimum absolute atomic E-state index is 0.113. The first-order valence-electron chi connectivity index (χ1n) is 7.52. The predicted octanol–water partition coefficient (Wildman–Crippen LogP) is 1.66. The van der Waals surface area contributed by atoms with Crippen LogP contribution < -0.4 is 5.32 Å². The Balaban J connectivity index is 0.000000379. The van der Waals surface area contributed by atoms with E-state index < -0.39 is 11.9 Å². The molecule has 1 aromatic carbocycles. The Kier molecular flexibility index (Phi) is 8.38. The van der Waals surface area contributed by atoms with Gasteiger partial charge in [0.25, 0.3) is 0 Å². The summed E-state index contributed by atoms with van der Waals surface area (Å²) in [7, 11) is 0. The molecule has 1 fully saturated rings. The van der Waals surface area contributed by atoms with E-state index in [9.17, 15) is 4.79 Å². The third-order valence-corrected chi connectivity index (χ3v) is 3.34. The van der Waals surface area contributed by atoms with Gasteiger partial charge in [-0.1, -0.05) is 24.6 Å². The number of aliphatic carboxylic acids is 2. The van der Waals surface area contributed by atoms with Gasteiger partial charge in [-0.3, -0.25) is 4.79 Å². The average Bonchev–Trinajstić information content (AvgIpc) is 2.55. The maximum Gasteiger partial charge on any atom is 0.414 e. The number of para-hydroxylation sites is 1. The second-order valence-electron chi connectivity index (χ2n) is 5.18. The lowest BCUT2D eigenvalue weighted by atomic mass is 10.1. The van der Waals surface area contributed by atoms with Crippen molar-refractivity contribution < 1.29 is 24.6 Å². The summed E-state index contributed by atoms with van der Waals surface area (Å²) in [4.78, 5) is 32.3. The zero-order valence-electron chi connectivity index (χ0n) is 12.9. The lowest BCUT2D eigenvalue weighted by Crippen LogP contribution is -2.32. The molecule has 0 atom stereocenters. The Hall–Kier alpha value is -2.41. The minimum Gasteiger partial charge on any atom is -0.473 e. The number of hydrogen-bond donors (Lipinski definition) is 3. The highest BCUT2D eigenvalue weighted by Gasteiger charge is 2.11. The van der Waals surface area contributed by atoms with Gasteiger partial charge in [0.15, 0.2) is 0 Å². The number of benzene rings is 1. The number of carbonyl (C=O) groups is 3. The number of carboxylic acid groups (broad SMARTS) is 2. The molecular formula is C16H22N2O5. The second-order valence-corrected chi connectivity index (χ2v) is 5.18. The third kappa shape index (κ3) is 8.57. The molecule has 7 heteroatoms. The number of nitrogens with zero attached hydrogens (tertiary/aromatic N) is 1. The van der Waals surface area contributed by atoms with Crippen molar-refractivity contribution in [1.29, 1.82) is 0 Å². The van der Waals surface area contributed by atoms with Gasteiger partial charge >= 0.3 is 11.9 Å². The van der Waals surface area contributed by atoms with Crippen molar-refractivity contribution in [3.63, 3.8) is 0 Å². The van der Waals surface area contributed by atoms with Crippen molar-refractivity contribution in [2.75, 3.05) is 25.0 Å². The van der Waals surface area contributed by atoms with Crippen LogP contribution in [0.4, 0.5) is 5.69 Å². The summed E-state index contributed by atoms with van der Waals surface area (Å²) in [5, 5.41) is 17.7. The number of rotatable bonds is 4. The van der Waals surface area contributed by atoms with Crippen LogP contribution in [-0.4, -0.2) is 52.6 Å². The Labute approximate surface area is 134 Å². The van der Waals surface area contributed by atoms with E-state index in [1.165, 1.54) is 19.3 Å². The van der Waals surface area contributed by atoms with Crippen LogP contribution in [0.1, 0.15) is 25.7 Å². The van der Waals surface area contributed by atoms with Gasteiger partial charge in [-0.2, -0.15) is 0 Å². The molecule has 1 heterocycles. The van der Waals surface area contributed by atoms with E-state index in [0.29, 0.717) is 6.42 Å². The fourth-order valence-electron chi connectivity index (χ4n) is 2.19. The molecule has 0 aromatic heterocycles. The zero-order chi connectivity index (χ0) is 17.1. The summed E-state index contributed by atoms with van der Waals surface area (Å²) in [6.45, 7) is 3.19. The van der Waals surface area contributed by atoms with E-state index in [4.69, 9.17) is 19.8 Å². The molecule has 1 saturated heterocycles. The first-order chi connectivity index (χ1) is 11.0. The van der Waals surface area contributed by atoms with E-state index in [1.54, 1.807) is 0 Å². The maximum atomic E-state index is 11.7. The molecule has 0 spiro atoms. The number of hydrogen-bond acceptors (Lipinski definition) is 4. The molecule has 1 aliphatic heterocycles. The summed E-state index contributed by atoms with van der Waals surface area (Å²) in [6, 6.07) is 9.64. The van der Waals surface area contributed by atoms with Gasteiger partial charge in [-0.25, -0.2) is 9.59 Å². The summed E-state index contributed by atoms with van der Waals surface area (Å²) in [6.07, 6.45) is 4.49. The lowest BCUT2D eigenvalue weighted by molar-refractivity contribution is -0.159. The fourth-order valence-corrected chi connectivity index (χ4v) is 2.19. The summed E-state index contributed by atoms with van der Waals surface area (Å²) in [5.74, 6) is -3.54. The van der Waals surface area contributed by atoms with E-state index >= 15 is 0 Å². The number of nitrogens with one attached hydrogen (secondary N) is 1. The highest BCUT2D eigenvalue weighted by atomic mass is 16.4. The van der Waals surface area contributed by atoms with Crippen molar-refractivity contribution >= 4 is 23.5 Å².